The van der Waals surface area contributed by atoms with E-state index >= 15 is 0 Å². The van der Waals surface area contributed by atoms with Gasteiger partial charge >= 0.3 is 0 Å². The van der Waals surface area contributed by atoms with Gasteiger partial charge in [0.1, 0.15) is 5.75 Å². The predicted molar refractivity (Wildman–Crippen MR) is 93.2 cm³/mol. The van der Waals surface area contributed by atoms with Crippen LogP contribution >= 0.6 is 0 Å². The molecule has 1 aromatic carbocycles. The summed E-state index contributed by atoms with van der Waals surface area (Å²) in [7, 11) is 5.12. The molecule has 0 atom stereocenters. The van der Waals surface area contributed by atoms with E-state index < -0.39 is 0 Å². The molecule has 0 aliphatic heterocycles. The number of aliphatic imine (C=N–C) groups is 1. The summed E-state index contributed by atoms with van der Waals surface area (Å²) in [5.41, 5.74) is 2.28. The van der Waals surface area contributed by atoms with Gasteiger partial charge in [-0.3, -0.25) is 4.99 Å². The van der Waals surface area contributed by atoms with Gasteiger partial charge in [0.05, 0.1) is 20.3 Å². The van der Waals surface area contributed by atoms with Gasteiger partial charge in [-0.25, -0.2) is 0 Å². The highest BCUT2D eigenvalue weighted by atomic mass is 16.5. The Bertz CT molecular complexity index is 478. The molecule has 6 nitrogen and oxygen atoms in total. The molecule has 0 saturated heterocycles. The van der Waals surface area contributed by atoms with Crippen molar-refractivity contribution in [3.05, 3.63) is 29.3 Å². The summed E-state index contributed by atoms with van der Waals surface area (Å²) >= 11 is 0. The van der Waals surface area contributed by atoms with Gasteiger partial charge in [-0.05, 0) is 25.0 Å². The van der Waals surface area contributed by atoms with Crippen molar-refractivity contribution in [2.75, 3.05) is 47.6 Å². The summed E-state index contributed by atoms with van der Waals surface area (Å²) in [5, 5.41) is 6.56. The standard InChI is InChI=1S/C17H29N3O3/c1-14-6-7-15(16(12-14)22-4)13-20-17(18-2)19-8-5-9-23-11-10-21-3/h6-7,12H,5,8-11,13H2,1-4H3,(H2,18,19,20). The van der Waals surface area contributed by atoms with E-state index in [1.54, 1.807) is 21.3 Å². The fraction of sp³-hybridized carbons (Fsp3) is 0.588. The molecule has 0 spiro atoms. The van der Waals surface area contributed by atoms with Crippen LogP contribution in [-0.2, 0) is 16.0 Å². The smallest absolute Gasteiger partial charge is 0.191 e. The topological polar surface area (TPSA) is 64.1 Å². The molecule has 23 heavy (non-hydrogen) atoms. The maximum atomic E-state index is 5.42. The first-order valence-electron chi connectivity index (χ1n) is 7.86. The van der Waals surface area contributed by atoms with E-state index in [9.17, 15) is 0 Å². The molecule has 1 rings (SSSR count). The Hall–Kier alpha value is -1.79. The van der Waals surface area contributed by atoms with Crippen molar-refractivity contribution >= 4 is 5.96 Å². The first kappa shape index (κ1) is 19.3. The summed E-state index contributed by atoms with van der Waals surface area (Å²) in [6, 6.07) is 6.18. The molecule has 0 aromatic heterocycles. The zero-order valence-corrected chi connectivity index (χ0v) is 14.6. The highest BCUT2D eigenvalue weighted by Gasteiger charge is 2.04. The van der Waals surface area contributed by atoms with Crippen molar-refractivity contribution in [1.29, 1.82) is 0 Å². The molecule has 0 radical (unpaired) electrons. The van der Waals surface area contributed by atoms with Crippen LogP contribution in [0, 0.1) is 6.92 Å². The average molecular weight is 323 g/mol. The van der Waals surface area contributed by atoms with E-state index in [-0.39, 0.29) is 0 Å². The fourth-order valence-electron chi connectivity index (χ4n) is 2.02. The summed E-state index contributed by atoms with van der Waals surface area (Å²) in [4.78, 5) is 4.22. The van der Waals surface area contributed by atoms with Crippen LogP contribution in [0.1, 0.15) is 17.5 Å². The largest absolute Gasteiger partial charge is 0.496 e. The molecule has 0 fully saturated rings. The molecule has 0 heterocycles. The number of guanidine groups is 1. The number of methoxy groups -OCH3 is 2. The van der Waals surface area contributed by atoms with Crippen LogP contribution in [0.4, 0.5) is 0 Å². The molecule has 130 valence electrons. The van der Waals surface area contributed by atoms with Crippen LogP contribution < -0.4 is 15.4 Å². The van der Waals surface area contributed by atoms with Gasteiger partial charge in [0.2, 0.25) is 0 Å². The summed E-state index contributed by atoms with van der Waals surface area (Å²) < 4.78 is 15.8. The summed E-state index contributed by atoms with van der Waals surface area (Å²) in [6.07, 6.45) is 0.915. The Morgan fingerprint density at radius 1 is 1.13 bits per heavy atom. The number of ether oxygens (including phenoxy) is 3. The Morgan fingerprint density at radius 2 is 1.96 bits per heavy atom. The minimum Gasteiger partial charge on any atom is -0.496 e. The highest BCUT2D eigenvalue weighted by molar-refractivity contribution is 5.79. The van der Waals surface area contributed by atoms with Crippen LogP contribution in [0.5, 0.6) is 5.75 Å². The van der Waals surface area contributed by atoms with Gasteiger partial charge in [-0.2, -0.15) is 0 Å². The highest BCUT2D eigenvalue weighted by Crippen LogP contribution is 2.19. The molecular weight excluding hydrogens is 294 g/mol. The number of hydrogen-bond donors (Lipinski definition) is 2. The maximum Gasteiger partial charge on any atom is 0.191 e. The van der Waals surface area contributed by atoms with Crippen molar-refractivity contribution in [2.45, 2.75) is 19.9 Å². The second-order valence-corrected chi connectivity index (χ2v) is 5.13. The number of benzene rings is 1. The van der Waals surface area contributed by atoms with E-state index in [1.807, 2.05) is 6.07 Å². The first-order chi connectivity index (χ1) is 11.2. The Morgan fingerprint density at radius 3 is 2.65 bits per heavy atom. The Balaban J connectivity index is 2.29. The Labute approximate surface area is 139 Å². The zero-order chi connectivity index (χ0) is 16.9. The average Bonchev–Trinajstić information content (AvgIpc) is 2.57. The molecule has 2 N–H and O–H groups in total. The zero-order valence-electron chi connectivity index (χ0n) is 14.6. The van der Waals surface area contributed by atoms with Crippen LogP contribution in [0.25, 0.3) is 0 Å². The number of rotatable bonds is 10. The molecule has 6 heteroatoms. The van der Waals surface area contributed by atoms with E-state index in [4.69, 9.17) is 14.2 Å². The van der Waals surface area contributed by atoms with Crippen LogP contribution in [-0.4, -0.2) is 53.6 Å². The lowest BCUT2D eigenvalue weighted by molar-refractivity contribution is 0.0698. The monoisotopic (exact) mass is 323 g/mol. The van der Waals surface area contributed by atoms with Gasteiger partial charge in [-0.1, -0.05) is 12.1 Å². The summed E-state index contributed by atoms with van der Waals surface area (Å²) in [6.45, 7) is 5.49. The second-order valence-electron chi connectivity index (χ2n) is 5.13. The van der Waals surface area contributed by atoms with Crippen molar-refractivity contribution in [3.63, 3.8) is 0 Å². The first-order valence-corrected chi connectivity index (χ1v) is 7.86. The van der Waals surface area contributed by atoms with E-state index in [0.717, 1.165) is 30.2 Å². The third kappa shape index (κ3) is 7.85. The van der Waals surface area contributed by atoms with E-state index in [2.05, 4.69) is 34.7 Å². The quantitative estimate of drug-likeness (QED) is 0.390. The van der Waals surface area contributed by atoms with Crippen LogP contribution in [0.3, 0.4) is 0 Å². The number of aryl methyl sites for hydroxylation is 1. The van der Waals surface area contributed by atoms with Crippen LogP contribution in [0.2, 0.25) is 0 Å². The van der Waals surface area contributed by atoms with Crippen molar-refractivity contribution in [1.82, 2.24) is 10.6 Å². The SMILES string of the molecule is CN=C(NCCCOCCOC)NCc1ccc(C)cc1OC. The van der Waals surface area contributed by atoms with E-state index in [1.165, 1.54) is 5.56 Å². The molecule has 0 saturated carbocycles. The van der Waals surface area contributed by atoms with Gasteiger partial charge < -0.3 is 24.8 Å². The lowest BCUT2D eigenvalue weighted by Gasteiger charge is -2.14. The number of hydrogen-bond acceptors (Lipinski definition) is 4. The van der Waals surface area contributed by atoms with Gasteiger partial charge in [0, 0.05) is 39.4 Å². The molecule has 1 aromatic rings. The van der Waals surface area contributed by atoms with E-state index in [0.29, 0.717) is 26.4 Å². The van der Waals surface area contributed by atoms with Crippen molar-refractivity contribution in [3.8, 4) is 5.75 Å². The lowest BCUT2D eigenvalue weighted by Crippen LogP contribution is -2.37. The second kappa shape index (κ2) is 11.7. The molecule has 0 amide bonds. The number of nitrogens with zero attached hydrogens (tertiary/aromatic N) is 1. The third-order valence-electron chi connectivity index (χ3n) is 3.30. The maximum absolute atomic E-state index is 5.42. The van der Waals surface area contributed by atoms with Gasteiger partial charge in [0.25, 0.3) is 0 Å². The lowest BCUT2D eigenvalue weighted by atomic mass is 10.1. The normalized spacial score (nSPS) is 11.4. The minimum atomic E-state index is 0.634. The molecule has 0 aliphatic carbocycles. The molecule has 0 aliphatic rings. The van der Waals surface area contributed by atoms with Crippen molar-refractivity contribution in [2.24, 2.45) is 4.99 Å². The van der Waals surface area contributed by atoms with Crippen LogP contribution in [0.15, 0.2) is 23.2 Å². The Kier molecular flexibility index (Phi) is 9.83. The summed E-state index contributed by atoms with van der Waals surface area (Å²) in [5.74, 6) is 1.66. The molecule has 0 unspecified atom stereocenters. The van der Waals surface area contributed by atoms with Crippen molar-refractivity contribution < 1.29 is 14.2 Å². The number of nitrogens with one attached hydrogen (secondary N) is 2. The van der Waals surface area contributed by atoms with Gasteiger partial charge in [0.15, 0.2) is 5.96 Å². The third-order valence-corrected chi connectivity index (χ3v) is 3.30. The predicted octanol–water partition coefficient (Wildman–Crippen LogP) is 1.72. The van der Waals surface area contributed by atoms with Gasteiger partial charge in [-0.15, -0.1) is 0 Å². The molecule has 0 bridgehead atoms. The molecular formula is C17H29N3O3. The minimum absolute atomic E-state index is 0.634. The fourth-order valence-corrected chi connectivity index (χ4v) is 2.02.